The Bertz CT molecular complexity index is 626. The summed E-state index contributed by atoms with van der Waals surface area (Å²) < 4.78 is 15.5. The van der Waals surface area contributed by atoms with Crippen molar-refractivity contribution in [2.24, 2.45) is 5.73 Å². The van der Waals surface area contributed by atoms with Crippen LogP contribution in [0.15, 0.2) is 45.3 Å². The predicted molar refractivity (Wildman–Crippen MR) is 87.4 cm³/mol. The topological polar surface area (TPSA) is 38.0 Å². The average molecular weight is 404 g/mol. The minimum absolute atomic E-state index is 0.0174. The van der Waals surface area contributed by atoms with Gasteiger partial charge in [-0.2, -0.15) is 0 Å². The van der Waals surface area contributed by atoms with Crippen LogP contribution in [0, 0.1) is 5.82 Å². The van der Waals surface area contributed by atoms with Gasteiger partial charge in [0.25, 0.3) is 0 Å². The first-order valence-corrected chi connectivity index (χ1v) is 7.29. The summed E-state index contributed by atoms with van der Waals surface area (Å²) in [6.45, 7) is 0. The number of anilines is 2. The lowest BCUT2D eigenvalue weighted by molar-refractivity contribution is 0.626. The maximum absolute atomic E-state index is 13.8. The zero-order valence-electron chi connectivity index (χ0n) is 9.58. The van der Waals surface area contributed by atoms with Crippen LogP contribution in [0.3, 0.4) is 0 Å². The molecule has 0 unspecified atom stereocenters. The number of para-hydroxylation sites is 1. The van der Waals surface area contributed by atoms with E-state index < -0.39 is 5.82 Å². The van der Waals surface area contributed by atoms with E-state index in [0.29, 0.717) is 5.69 Å². The zero-order valence-corrected chi connectivity index (χ0v) is 13.6. The van der Waals surface area contributed by atoms with E-state index in [0.717, 1.165) is 14.6 Å². The van der Waals surface area contributed by atoms with Gasteiger partial charge in [0.15, 0.2) is 0 Å². The molecule has 0 aliphatic heterocycles. The highest BCUT2D eigenvalue weighted by Crippen LogP contribution is 2.34. The average Bonchev–Trinajstić information content (AvgIpc) is 2.33. The van der Waals surface area contributed by atoms with Crippen molar-refractivity contribution in [2.45, 2.75) is 0 Å². The first-order valence-electron chi connectivity index (χ1n) is 5.30. The molecule has 0 fully saturated rings. The number of rotatable bonds is 3. The third-order valence-electron chi connectivity index (χ3n) is 2.48. The fourth-order valence-electron chi connectivity index (χ4n) is 1.63. The van der Waals surface area contributed by atoms with Crippen LogP contribution in [0.1, 0.15) is 5.56 Å². The smallest absolute Gasteiger partial charge is 0.135 e. The number of nitrogens with one attached hydrogen (secondary N) is 1. The largest absolute Gasteiger partial charge is 0.389 e. The summed E-state index contributed by atoms with van der Waals surface area (Å²) in [6, 6.07) is 10.3. The van der Waals surface area contributed by atoms with E-state index >= 15 is 0 Å². The van der Waals surface area contributed by atoms with Crippen LogP contribution in [-0.2, 0) is 0 Å². The second-order valence-electron chi connectivity index (χ2n) is 3.75. The maximum atomic E-state index is 13.8. The van der Waals surface area contributed by atoms with E-state index in [4.69, 9.17) is 18.0 Å². The fourth-order valence-corrected chi connectivity index (χ4v) is 3.03. The molecular formula is C13H9Br2FN2S. The molecule has 0 aliphatic carbocycles. The van der Waals surface area contributed by atoms with Crippen molar-refractivity contribution in [3.63, 3.8) is 0 Å². The monoisotopic (exact) mass is 402 g/mol. The van der Waals surface area contributed by atoms with Gasteiger partial charge in [0.1, 0.15) is 10.8 Å². The third kappa shape index (κ3) is 3.13. The fraction of sp³-hybridized carbons (Fsp3) is 0. The Morgan fingerprint density at radius 1 is 1.11 bits per heavy atom. The van der Waals surface area contributed by atoms with Crippen LogP contribution < -0.4 is 11.1 Å². The molecule has 0 bridgehead atoms. The Labute approximate surface area is 132 Å². The number of hydrogen-bond donors (Lipinski definition) is 2. The third-order valence-corrected chi connectivity index (χ3v) is 4.01. The quantitative estimate of drug-likeness (QED) is 0.727. The molecule has 3 N–H and O–H groups in total. The summed E-state index contributed by atoms with van der Waals surface area (Å²) in [4.78, 5) is 0.0174. The van der Waals surface area contributed by atoms with Crippen molar-refractivity contribution >= 4 is 60.4 Å². The van der Waals surface area contributed by atoms with Gasteiger partial charge >= 0.3 is 0 Å². The summed E-state index contributed by atoms with van der Waals surface area (Å²) in [5, 5.41) is 3.13. The van der Waals surface area contributed by atoms with Gasteiger partial charge in [-0.25, -0.2) is 4.39 Å². The lowest BCUT2D eigenvalue weighted by atomic mass is 10.1. The van der Waals surface area contributed by atoms with Crippen molar-refractivity contribution in [1.82, 2.24) is 0 Å². The molecule has 0 heterocycles. The van der Waals surface area contributed by atoms with Gasteiger partial charge in [0, 0.05) is 8.95 Å². The molecule has 0 spiro atoms. The zero-order chi connectivity index (χ0) is 14.0. The Hall–Kier alpha value is -0.980. The van der Waals surface area contributed by atoms with E-state index in [1.807, 2.05) is 18.2 Å². The summed E-state index contributed by atoms with van der Waals surface area (Å²) in [5.41, 5.74) is 7.09. The molecule has 0 saturated heterocycles. The summed E-state index contributed by atoms with van der Waals surface area (Å²) in [5.74, 6) is -0.444. The lowest BCUT2D eigenvalue weighted by Gasteiger charge is -2.14. The minimum atomic E-state index is -0.444. The van der Waals surface area contributed by atoms with E-state index in [-0.39, 0.29) is 10.6 Å². The molecule has 6 heteroatoms. The van der Waals surface area contributed by atoms with Crippen molar-refractivity contribution in [1.29, 1.82) is 0 Å². The van der Waals surface area contributed by atoms with Crippen LogP contribution in [0.4, 0.5) is 15.8 Å². The van der Waals surface area contributed by atoms with Gasteiger partial charge in [-0.3, -0.25) is 0 Å². The molecule has 0 radical (unpaired) electrons. The molecule has 2 nitrogen and oxygen atoms in total. The Kier molecular flexibility index (Phi) is 4.54. The van der Waals surface area contributed by atoms with Gasteiger partial charge in [0.2, 0.25) is 0 Å². The summed E-state index contributed by atoms with van der Waals surface area (Å²) in [7, 11) is 0. The van der Waals surface area contributed by atoms with E-state index in [1.165, 1.54) is 6.07 Å². The molecule has 19 heavy (non-hydrogen) atoms. The number of nitrogens with two attached hydrogens (primary N) is 1. The summed E-state index contributed by atoms with van der Waals surface area (Å²) in [6.07, 6.45) is 0. The molecule has 2 aromatic carbocycles. The van der Waals surface area contributed by atoms with Gasteiger partial charge < -0.3 is 11.1 Å². The predicted octanol–water partition coefficient (Wildman–Crippen LogP) is 4.73. The SMILES string of the molecule is NC(=S)c1c(F)cccc1Nc1c(Br)cccc1Br. The maximum Gasteiger partial charge on any atom is 0.135 e. The first-order chi connectivity index (χ1) is 9.00. The van der Waals surface area contributed by atoms with E-state index in [2.05, 4.69) is 37.2 Å². The molecule has 0 saturated carbocycles. The number of hydrogen-bond acceptors (Lipinski definition) is 2. The molecule has 98 valence electrons. The van der Waals surface area contributed by atoms with Gasteiger partial charge in [-0.05, 0) is 56.1 Å². The van der Waals surface area contributed by atoms with Crippen LogP contribution in [0.5, 0.6) is 0 Å². The van der Waals surface area contributed by atoms with Gasteiger partial charge in [0.05, 0.1) is 16.9 Å². The van der Waals surface area contributed by atoms with Crippen molar-refractivity contribution < 1.29 is 4.39 Å². The van der Waals surface area contributed by atoms with Gasteiger partial charge in [-0.1, -0.05) is 24.4 Å². The molecule has 2 aromatic rings. The number of benzene rings is 2. The normalized spacial score (nSPS) is 10.3. The van der Waals surface area contributed by atoms with Crippen molar-refractivity contribution in [2.75, 3.05) is 5.32 Å². The Morgan fingerprint density at radius 2 is 1.68 bits per heavy atom. The van der Waals surface area contributed by atoms with E-state index in [9.17, 15) is 4.39 Å². The minimum Gasteiger partial charge on any atom is -0.389 e. The Morgan fingerprint density at radius 3 is 2.26 bits per heavy atom. The Balaban J connectivity index is 2.50. The molecular weight excluding hydrogens is 395 g/mol. The molecule has 0 amide bonds. The van der Waals surface area contributed by atoms with Gasteiger partial charge in [-0.15, -0.1) is 0 Å². The molecule has 0 aliphatic rings. The second kappa shape index (κ2) is 5.98. The molecule has 0 atom stereocenters. The van der Waals surface area contributed by atoms with Crippen LogP contribution >= 0.6 is 44.1 Å². The van der Waals surface area contributed by atoms with Crippen LogP contribution in [-0.4, -0.2) is 4.99 Å². The van der Waals surface area contributed by atoms with Crippen LogP contribution in [0.2, 0.25) is 0 Å². The van der Waals surface area contributed by atoms with Crippen molar-refractivity contribution in [3.8, 4) is 0 Å². The first kappa shape index (κ1) is 14.4. The second-order valence-corrected chi connectivity index (χ2v) is 5.90. The highest BCUT2D eigenvalue weighted by Gasteiger charge is 2.13. The lowest BCUT2D eigenvalue weighted by Crippen LogP contribution is -2.14. The standard InChI is InChI=1S/C13H9Br2FN2S/c14-7-3-1-4-8(15)12(7)18-10-6-2-5-9(16)11(10)13(17)19/h1-6,18H,(H2,17,19). The summed E-state index contributed by atoms with van der Waals surface area (Å²) >= 11 is 11.8. The highest BCUT2D eigenvalue weighted by atomic mass is 79.9. The number of thiocarbonyl (C=S) groups is 1. The highest BCUT2D eigenvalue weighted by molar-refractivity contribution is 9.11. The van der Waals surface area contributed by atoms with Crippen LogP contribution in [0.25, 0.3) is 0 Å². The van der Waals surface area contributed by atoms with Crippen molar-refractivity contribution in [3.05, 3.63) is 56.7 Å². The van der Waals surface area contributed by atoms with E-state index in [1.54, 1.807) is 12.1 Å². The molecule has 2 rings (SSSR count). The molecule has 0 aromatic heterocycles. The number of halogens is 3.